The van der Waals surface area contributed by atoms with Crippen molar-refractivity contribution < 1.29 is 5.11 Å². The average molecular weight is 266 g/mol. The highest BCUT2D eigenvalue weighted by molar-refractivity contribution is 7.15. The number of hydrogen-bond donors (Lipinski definition) is 1. The van der Waals surface area contributed by atoms with E-state index in [2.05, 4.69) is 18.7 Å². The maximum atomic E-state index is 9.98. The van der Waals surface area contributed by atoms with Crippen LogP contribution in [-0.2, 0) is 6.42 Å². The number of aliphatic hydroxyl groups excluding tert-OH is 1. The van der Waals surface area contributed by atoms with E-state index in [4.69, 9.17) is 4.98 Å². The van der Waals surface area contributed by atoms with Gasteiger partial charge in [-0.1, -0.05) is 13.8 Å². The van der Waals surface area contributed by atoms with Crippen LogP contribution in [0.15, 0.2) is 0 Å². The highest BCUT2D eigenvalue weighted by atomic mass is 32.1. The number of thiazole rings is 1. The van der Waals surface area contributed by atoms with Gasteiger partial charge in [-0.15, -0.1) is 11.3 Å². The van der Waals surface area contributed by atoms with E-state index in [1.54, 1.807) is 11.3 Å². The summed E-state index contributed by atoms with van der Waals surface area (Å²) in [6.07, 6.45) is 4.05. The lowest BCUT2D eigenvalue weighted by molar-refractivity contribution is 0.153. The van der Waals surface area contributed by atoms with Crippen LogP contribution in [0.5, 0.6) is 0 Å². The van der Waals surface area contributed by atoms with Crippen LogP contribution in [0, 0.1) is 11.8 Å². The first-order chi connectivity index (χ1) is 8.65. The normalized spacial score (nSPS) is 27.9. The average Bonchev–Trinajstić information content (AvgIpc) is 2.95. The Kier molecular flexibility index (Phi) is 3.32. The van der Waals surface area contributed by atoms with E-state index in [0.29, 0.717) is 0 Å². The van der Waals surface area contributed by atoms with Gasteiger partial charge in [0.25, 0.3) is 0 Å². The van der Waals surface area contributed by atoms with Gasteiger partial charge in [-0.25, -0.2) is 4.98 Å². The molecule has 0 bridgehead atoms. The molecule has 2 unspecified atom stereocenters. The quantitative estimate of drug-likeness (QED) is 0.894. The molecule has 0 radical (unpaired) electrons. The van der Waals surface area contributed by atoms with Crippen molar-refractivity contribution >= 4 is 16.5 Å². The standard InChI is InChI=1S/C14H22N2OS/c1-9(2)10-6-7-16(8-10)14-15-13-11(17)4-3-5-12(13)18-14/h9-11,17H,3-8H2,1-2H3. The van der Waals surface area contributed by atoms with E-state index >= 15 is 0 Å². The molecule has 0 aromatic carbocycles. The van der Waals surface area contributed by atoms with Crippen LogP contribution < -0.4 is 4.90 Å². The maximum Gasteiger partial charge on any atom is 0.185 e. The van der Waals surface area contributed by atoms with Crippen LogP contribution in [0.4, 0.5) is 5.13 Å². The van der Waals surface area contributed by atoms with Gasteiger partial charge in [-0.3, -0.25) is 0 Å². The topological polar surface area (TPSA) is 36.4 Å². The van der Waals surface area contributed by atoms with Crippen LogP contribution in [0.1, 0.15) is 49.8 Å². The summed E-state index contributed by atoms with van der Waals surface area (Å²) >= 11 is 1.80. The van der Waals surface area contributed by atoms with Crippen molar-refractivity contribution in [3.05, 3.63) is 10.6 Å². The van der Waals surface area contributed by atoms with Crippen LogP contribution in [-0.4, -0.2) is 23.2 Å². The lowest BCUT2D eigenvalue weighted by Crippen LogP contribution is -2.21. The molecule has 1 aliphatic heterocycles. The van der Waals surface area contributed by atoms with Gasteiger partial charge in [-0.2, -0.15) is 0 Å². The van der Waals surface area contributed by atoms with Crippen LogP contribution in [0.25, 0.3) is 0 Å². The minimum absolute atomic E-state index is 0.317. The van der Waals surface area contributed by atoms with Gasteiger partial charge in [0.1, 0.15) is 0 Å². The molecule has 1 fully saturated rings. The summed E-state index contributed by atoms with van der Waals surface area (Å²) in [4.78, 5) is 8.44. The van der Waals surface area contributed by atoms with Gasteiger partial charge in [0.05, 0.1) is 11.8 Å². The molecule has 4 heteroatoms. The van der Waals surface area contributed by atoms with Gasteiger partial charge in [0.15, 0.2) is 5.13 Å². The molecule has 3 rings (SSSR count). The van der Waals surface area contributed by atoms with Crippen LogP contribution in [0.2, 0.25) is 0 Å². The molecule has 18 heavy (non-hydrogen) atoms. The largest absolute Gasteiger partial charge is 0.387 e. The molecule has 0 spiro atoms. The fourth-order valence-corrected chi connectivity index (χ4v) is 4.22. The molecule has 100 valence electrons. The highest BCUT2D eigenvalue weighted by Crippen LogP contribution is 2.38. The Balaban J connectivity index is 1.78. The summed E-state index contributed by atoms with van der Waals surface area (Å²) in [5.41, 5.74) is 0.967. The number of aliphatic hydroxyl groups is 1. The van der Waals surface area contributed by atoms with E-state index in [9.17, 15) is 5.11 Å². The maximum absolute atomic E-state index is 9.98. The molecule has 1 aliphatic carbocycles. The number of aryl methyl sites for hydroxylation is 1. The molecular formula is C14H22N2OS. The van der Waals surface area contributed by atoms with Gasteiger partial charge in [0, 0.05) is 18.0 Å². The Morgan fingerprint density at radius 3 is 2.89 bits per heavy atom. The van der Waals surface area contributed by atoms with E-state index in [1.165, 1.54) is 11.3 Å². The number of fused-ring (bicyclic) bond motifs is 1. The second kappa shape index (κ2) is 4.82. The molecule has 3 nitrogen and oxygen atoms in total. The van der Waals surface area contributed by atoms with Gasteiger partial charge < -0.3 is 10.0 Å². The van der Waals surface area contributed by atoms with E-state index < -0.39 is 0 Å². The molecule has 1 N–H and O–H groups in total. The Labute approximate surface area is 113 Å². The van der Waals surface area contributed by atoms with Gasteiger partial charge in [0.2, 0.25) is 0 Å². The zero-order valence-electron chi connectivity index (χ0n) is 11.2. The van der Waals surface area contributed by atoms with Gasteiger partial charge in [-0.05, 0) is 37.5 Å². The summed E-state index contributed by atoms with van der Waals surface area (Å²) < 4.78 is 0. The summed E-state index contributed by atoms with van der Waals surface area (Å²) in [5, 5.41) is 11.1. The van der Waals surface area contributed by atoms with E-state index in [-0.39, 0.29) is 6.10 Å². The van der Waals surface area contributed by atoms with Crippen molar-refractivity contribution in [3.63, 3.8) is 0 Å². The third-order valence-corrected chi connectivity index (χ3v) is 5.54. The summed E-state index contributed by atoms with van der Waals surface area (Å²) in [6, 6.07) is 0. The summed E-state index contributed by atoms with van der Waals surface area (Å²) in [5.74, 6) is 1.56. The monoisotopic (exact) mass is 266 g/mol. The van der Waals surface area contributed by atoms with E-state index in [1.807, 2.05) is 0 Å². The Bertz CT molecular complexity index is 429. The van der Waals surface area contributed by atoms with E-state index in [0.717, 1.165) is 55.0 Å². The zero-order valence-corrected chi connectivity index (χ0v) is 12.0. The number of nitrogens with zero attached hydrogens (tertiary/aromatic N) is 2. The number of rotatable bonds is 2. The fraction of sp³-hybridized carbons (Fsp3) is 0.786. The first-order valence-electron chi connectivity index (χ1n) is 7.07. The molecule has 1 aromatic rings. The Morgan fingerprint density at radius 2 is 2.22 bits per heavy atom. The third-order valence-electron chi connectivity index (χ3n) is 4.35. The van der Waals surface area contributed by atoms with Crippen LogP contribution >= 0.6 is 11.3 Å². The Morgan fingerprint density at radius 1 is 1.39 bits per heavy atom. The molecule has 1 aromatic heterocycles. The van der Waals surface area contributed by atoms with Crippen molar-refractivity contribution in [3.8, 4) is 0 Å². The predicted octanol–water partition coefficient (Wildman–Crippen LogP) is 3.00. The third kappa shape index (κ3) is 2.16. The van der Waals surface area contributed by atoms with Crippen molar-refractivity contribution in [2.45, 2.75) is 45.6 Å². The highest BCUT2D eigenvalue weighted by Gasteiger charge is 2.29. The second-order valence-corrected chi connectivity index (χ2v) is 7.01. The lowest BCUT2D eigenvalue weighted by Gasteiger charge is -2.17. The van der Waals surface area contributed by atoms with Crippen LogP contribution in [0.3, 0.4) is 0 Å². The number of anilines is 1. The minimum Gasteiger partial charge on any atom is -0.387 e. The number of aromatic nitrogens is 1. The molecule has 2 aliphatic rings. The minimum atomic E-state index is -0.317. The summed E-state index contributed by atoms with van der Waals surface area (Å²) in [7, 11) is 0. The molecule has 1 saturated heterocycles. The first kappa shape index (κ1) is 12.4. The van der Waals surface area contributed by atoms with Crippen molar-refractivity contribution in [2.24, 2.45) is 11.8 Å². The van der Waals surface area contributed by atoms with Crippen molar-refractivity contribution in [2.75, 3.05) is 18.0 Å². The smallest absolute Gasteiger partial charge is 0.185 e. The molecule has 0 amide bonds. The van der Waals surface area contributed by atoms with Gasteiger partial charge >= 0.3 is 0 Å². The first-order valence-corrected chi connectivity index (χ1v) is 7.89. The molecule has 2 atom stereocenters. The predicted molar refractivity (Wildman–Crippen MR) is 75.2 cm³/mol. The molecule has 0 saturated carbocycles. The SMILES string of the molecule is CC(C)C1CCN(c2nc3c(s2)CCCC3O)C1. The Hall–Kier alpha value is -0.610. The number of hydrogen-bond acceptors (Lipinski definition) is 4. The molecular weight excluding hydrogens is 244 g/mol. The summed E-state index contributed by atoms with van der Waals surface area (Å²) in [6.45, 7) is 6.89. The fourth-order valence-electron chi connectivity index (χ4n) is 3.02. The second-order valence-electron chi connectivity index (χ2n) is 5.95. The van der Waals surface area contributed by atoms with Crippen molar-refractivity contribution in [1.82, 2.24) is 4.98 Å². The zero-order chi connectivity index (χ0) is 12.7. The molecule has 2 heterocycles. The lowest BCUT2D eigenvalue weighted by atomic mass is 9.95. The van der Waals surface area contributed by atoms with Crippen molar-refractivity contribution in [1.29, 1.82) is 0 Å².